The number of imide groups is 1. The minimum atomic E-state index is -1.00. The number of hydrogen-bond donors (Lipinski definition) is 0. The lowest BCUT2D eigenvalue weighted by atomic mass is 9.87. The van der Waals surface area contributed by atoms with E-state index >= 15 is 0 Å². The molecule has 0 saturated carbocycles. The van der Waals surface area contributed by atoms with Crippen LogP contribution >= 0.6 is 0 Å². The van der Waals surface area contributed by atoms with Crippen molar-refractivity contribution in [2.75, 3.05) is 49.1 Å². The summed E-state index contributed by atoms with van der Waals surface area (Å²) in [5.74, 6) is -0.199. The number of benzene rings is 1. The summed E-state index contributed by atoms with van der Waals surface area (Å²) in [4.78, 5) is 54.6. The molecule has 3 saturated heterocycles. The highest BCUT2D eigenvalue weighted by Gasteiger charge is 2.52. The fourth-order valence-electron chi connectivity index (χ4n) is 6.72. The molecule has 9 heteroatoms. The van der Waals surface area contributed by atoms with Crippen LogP contribution in [0, 0.1) is 0 Å². The topological polar surface area (TPSA) is 80.3 Å². The summed E-state index contributed by atoms with van der Waals surface area (Å²) in [5.41, 5.74) is 2.05. The molecule has 39 heavy (non-hydrogen) atoms. The SMILES string of the molecule is CC1(C)CN(C(=O)CN2CCN3CCCC3C2)c2cc(N3C(=O)N(Cc4ccncc4)C(C)(C)C3=O)ccc21. The van der Waals surface area contributed by atoms with Crippen LogP contribution in [0.15, 0.2) is 42.7 Å². The summed E-state index contributed by atoms with van der Waals surface area (Å²) in [6.07, 6.45) is 5.82. The van der Waals surface area contributed by atoms with Crippen molar-refractivity contribution in [2.45, 2.75) is 64.1 Å². The molecular formula is C30H38N6O3. The van der Waals surface area contributed by atoms with Crippen molar-refractivity contribution < 1.29 is 14.4 Å². The molecule has 4 amide bonds. The van der Waals surface area contributed by atoms with Gasteiger partial charge in [-0.2, -0.15) is 0 Å². The minimum Gasteiger partial charge on any atom is -0.310 e. The molecule has 3 fully saturated rings. The first-order valence-electron chi connectivity index (χ1n) is 14.0. The van der Waals surface area contributed by atoms with Crippen molar-refractivity contribution in [3.05, 3.63) is 53.9 Å². The van der Waals surface area contributed by atoms with Gasteiger partial charge in [0.25, 0.3) is 5.91 Å². The fraction of sp³-hybridized carbons (Fsp3) is 0.533. The van der Waals surface area contributed by atoms with Gasteiger partial charge < -0.3 is 9.80 Å². The van der Waals surface area contributed by atoms with Crippen LogP contribution in [-0.4, -0.2) is 88.4 Å². The van der Waals surface area contributed by atoms with E-state index in [4.69, 9.17) is 0 Å². The van der Waals surface area contributed by atoms with Gasteiger partial charge in [-0.05, 0) is 68.6 Å². The normalized spacial score (nSPS) is 24.4. The molecule has 206 valence electrons. The van der Waals surface area contributed by atoms with Gasteiger partial charge in [-0.3, -0.25) is 24.4 Å². The Hall–Kier alpha value is -3.30. The molecule has 1 atom stereocenters. The molecule has 5 heterocycles. The van der Waals surface area contributed by atoms with Gasteiger partial charge in [0.2, 0.25) is 5.91 Å². The van der Waals surface area contributed by atoms with Crippen LogP contribution in [0.4, 0.5) is 16.2 Å². The molecule has 9 nitrogen and oxygen atoms in total. The van der Waals surface area contributed by atoms with Crippen molar-refractivity contribution in [1.29, 1.82) is 0 Å². The Morgan fingerprint density at radius 3 is 2.56 bits per heavy atom. The first kappa shape index (κ1) is 26.0. The highest BCUT2D eigenvalue weighted by Crippen LogP contribution is 2.44. The third-order valence-electron chi connectivity index (χ3n) is 9.06. The van der Waals surface area contributed by atoms with E-state index in [2.05, 4.69) is 28.6 Å². The fourth-order valence-corrected chi connectivity index (χ4v) is 6.72. The van der Waals surface area contributed by atoms with E-state index in [1.54, 1.807) is 31.1 Å². The molecule has 0 N–H and O–H groups in total. The summed E-state index contributed by atoms with van der Waals surface area (Å²) in [6.45, 7) is 13.2. The van der Waals surface area contributed by atoms with Crippen LogP contribution in [0.3, 0.4) is 0 Å². The maximum absolute atomic E-state index is 13.7. The third kappa shape index (κ3) is 4.41. The molecule has 1 aromatic carbocycles. The first-order chi connectivity index (χ1) is 18.6. The molecule has 2 aromatic rings. The average molecular weight is 531 g/mol. The third-order valence-corrected chi connectivity index (χ3v) is 9.06. The minimum absolute atomic E-state index is 0.0733. The average Bonchev–Trinajstić information content (AvgIpc) is 3.53. The largest absolute Gasteiger partial charge is 0.332 e. The van der Waals surface area contributed by atoms with E-state index in [0.717, 1.165) is 36.4 Å². The molecule has 4 aliphatic rings. The Bertz CT molecular complexity index is 1310. The van der Waals surface area contributed by atoms with E-state index in [1.165, 1.54) is 24.3 Å². The molecule has 0 aliphatic carbocycles. The second kappa shape index (κ2) is 9.41. The van der Waals surface area contributed by atoms with E-state index in [0.29, 0.717) is 31.4 Å². The molecule has 0 radical (unpaired) electrons. The molecule has 1 aromatic heterocycles. The molecule has 0 bridgehead atoms. The highest BCUT2D eigenvalue weighted by atomic mass is 16.2. The highest BCUT2D eigenvalue weighted by molar-refractivity contribution is 6.23. The van der Waals surface area contributed by atoms with Crippen LogP contribution in [-0.2, 0) is 21.5 Å². The van der Waals surface area contributed by atoms with Gasteiger partial charge in [-0.1, -0.05) is 19.9 Å². The number of rotatable bonds is 5. The zero-order valence-corrected chi connectivity index (χ0v) is 23.4. The molecular weight excluding hydrogens is 492 g/mol. The van der Waals surface area contributed by atoms with Gasteiger partial charge in [-0.25, -0.2) is 9.69 Å². The number of piperazine rings is 1. The number of anilines is 2. The molecule has 4 aliphatic heterocycles. The van der Waals surface area contributed by atoms with Crippen LogP contribution in [0.5, 0.6) is 0 Å². The summed E-state index contributed by atoms with van der Waals surface area (Å²) < 4.78 is 0. The number of carbonyl (C=O) groups is 3. The number of fused-ring (bicyclic) bond motifs is 2. The Balaban J connectivity index is 1.26. The van der Waals surface area contributed by atoms with E-state index < -0.39 is 5.54 Å². The monoisotopic (exact) mass is 530 g/mol. The predicted molar refractivity (Wildman–Crippen MR) is 150 cm³/mol. The Morgan fingerprint density at radius 1 is 1.03 bits per heavy atom. The van der Waals surface area contributed by atoms with Crippen LogP contribution in [0.2, 0.25) is 0 Å². The van der Waals surface area contributed by atoms with Crippen molar-refractivity contribution in [3.63, 3.8) is 0 Å². The second-order valence-corrected chi connectivity index (χ2v) is 12.6. The maximum Gasteiger partial charge on any atom is 0.332 e. The number of amides is 4. The van der Waals surface area contributed by atoms with E-state index in [-0.39, 0.29) is 23.3 Å². The standard InChI is InChI=1S/C30H38N6O3/c1-29(2)20-34(26(37)19-32-14-15-33-13-5-6-23(33)18-32)25-16-22(7-8-24(25)29)36-27(38)30(3,4)35(28(36)39)17-21-9-11-31-12-10-21/h7-12,16,23H,5-6,13-15,17-20H2,1-4H3. The van der Waals surface area contributed by atoms with Crippen molar-refractivity contribution >= 4 is 29.2 Å². The number of hydrogen-bond acceptors (Lipinski definition) is 6. The second-order valence-electron chi connectivity index (χ2n) is 12.6. The summed E-state index contributed by atoms with van der Waals surface area (Å²) in [7, 11) is 0. The lowest BCUT2D eigenvalue weighted by molar-refractivity contribution is -0.123. The van der Waals surface area contributed by atoms with Crippen LogP contribution in [0.1, 0.15) is 51.7 Å². The van der Waals surface area contributed by atoms with Crippen molar-refractivity contribution in [3.8, 4) is 0 Å². The van der Waals surface area contributed by atoms with Gasteiger partial charge in [0.1, 0.15) is 5.54 Å². The van der Waals surface area contributed by atoms with E-state index in [1.807, 2.05) is 35.2 Å². The van der Waals surface area contributed by atoms with Gasteiger partial charge in [0, 0.05) is 62.3 Å². The number of carbonyl (C=O) groups excluding carboxylic acids is 3. The van der Waals surface area contributed by atoms with Crippen molar-refractivity contribution in [1.82, 2.24) is 19.7 Å². The predicted octanol–water partition coefficient (Wildman–Crippen LogP) is 3.23. The first-order valence-corrected chi connectivity index (χ1v) is 14.0. The number of aromatic nitrogens is 1. The Labute approximate surface area is 230 Å². The lowest BCUT2D eigenvalue weighted by Crippen LogP contribution is -2.53. The van der Waals surface area contributed by atoms with Crippen LogP contribution in [0.25, 0.3) is 0 Å². The van der Waals surface area contributed by atoms with Gasteiger partial charge >= 0.3 is 6.03 Å². The lowest BCUT2D eigenvalue weighted by Gasteiger charge is -2.37. The quantitative estimate of drug-likeness (QED) is 0.553. The number of pyridine rings is 1. The Morgan fingerprint density at radius 2 is 1.79 bits per heavy atom. The number of nitrogens with zero attached hydrogens (tertiary/aromatic N) is 6. The van der Waals surface area contributed by atoms with Gasteiger partial charge in [-0.15, -0.1) is 0 Å². The zero-order chi connectivity index (χ0) is 27.5. The summed E-state index contributed by atoms with van der Waals surface area (Å²) >= 11 is 0. The number of urea groups is 1. The maximum atomic E-state index is 13.7. The molecule has 6 rings (SSSR count). The Kier molecular flexibility index (Phi) is 6.26. The van der Waals surface area contributed by atoms with Gasteiger partial charge in [0.15, 0.2) is 0 Å². The summed E-state index contributed by atoms with van der Waals surface area (Å²) in [6, 6.07) is 9.59. The van der Waals surface area contributed by atoms with Crippen molar-refractivity contribution in [2.24, 2.45) is 0 Å². The summed E-state index contributed by atoms with van der Waals surface area (Å²) in [5, 5.41) is 0. The molecule has 1 unspecified atom stereocenters. The van der Waals surface area contributed by atoms with Gasteiger partial charge in [0.05, 0.1) is 12.2 Å². The zero-order valence-electron chi connectivity index (χ0n) is 23.4. The van der Waals surface area contributed by atoms with Crippen LogP contribution < -0.4 is 9.80 Å². The molecule has 0 spiro atoms. The smallest absolute Gasteiger partial charge is 0.310 e. The van der Waals surface area contributed by atoms with E-state index in [9.17, 15) is 14.4 Å².